The molecule has 0 aliphatic heterocycles. The SMILES string of the molecule is CC1(O)CCC(C)(COS(C)(=O)=O)CC1. The van der Waals surface area contributed by atoms with Gasteiger partial charge >= 0.3 is 0 Å². The second kappa shape index (κ2) is 4.03. The molecule has 90 valence electrons. The molecule has 0 amide bonds. The number of aliphatic hydroxyl groups is 1. The molecule has 0 saturated heterocycles. The average Bonchev–Trinajstić information content (AvgIpc) is 2.07. The van der Waals surface area contributed by atoms with Crippen molar-refractivity contribution in [2.24, 2.45) is 5.41 Å². The third-order valence-electron chi connectivity index (χ3n) is 3.16. The van der Waals surface area contributed by atoms with Gasteiger partial charge in [-0.25, -0.2) is 0 Å². The zero-order chi connectivity index (χ0) is 11.7. The Morgan fingerprint density at radius 3 is 2.07 bits per heavy atom. The van der Waals surface area contributed by atoms with Crippen LogP contribution in [0.5, 0.6) is 0 Å². The first-order valence-corrected chi connectivity index (χ1v) is 7.00. The molecule has 1 aliphatic rings. The van der Waals surface area contributed by atoms with Crippen molar-refractivity contribution >= 4 is 10.1 Å². The summed E-state index contributed by atoms with van der Waals surface area (Å²) in [4.78, 5) is 0. The lowest BCUT2D eigenvalue weighted by Crippen LogP contribution is -2.38. The normalized spacial score (nSPS) is 37.9. The molecule has 0 aromatic carbocycles. The maximum Gasteiger partial charge on any atom is 0.264 e. The molecule has 1 rings (SSSR count). The van der Waals surface area contributed by atoms with E-state index in [-0.39, 0.29) is 12.0 Å². The summed E-state index contributed by atoms with van der Waals surface area (Å²) in [5, 5.41) is 9.78. The van der Waals surface area contributed by atoms with Gasteiger partial charge in [-0.1, -0.05) is 6.92 Å². The minimum atomic E-state index is -3.35. The Balaban J connectivity index is 2.49. The molecule has 15 heavy (non-hydrogen) atoms. The zero-order valence-corrected chi connectivity index (χ0v) is 10.4. The van der Waals surface area contributed by atoms with Crippen molar-refractivity contribution in [1.82, 2.24) is 0 Å². The van der Waals surface area contributed by atoms with Gasteiger partial charge < -0.3 is 5.11 Å². The molecule has 0 heterocycles. The molecule has 0 atom stereocenters. The summed E-state index contributed by atoms with van der Waals surface area (Å²) in [7, 11) is -3.35. The monoisotopic (exact) mass is 236 g/mol. The number of rotatable bonds is 3. The van der Waals surface area contributed by atoms with E-state index < -0.39 is 15.7 Å². The molecule has 0 aromatic heterocycles. The molecule has 1 aliphatic carbocycles. The summed E-state index contributed by atoms with van der Waals surface area (Å²) in [5.74, 6) is 0. The minimum absolute atomic E-state index is 0.120. The fraction of sp³-hybridized carbons (Fsp3) is 1.00. The van der Waals surface area contributed by atoms with Crippen molar-refractivity contribution in [2.45, 2.75) is 45.1 Å². The molecule has 1 fully saturated rings. The van der Waals surface area contributed by atoms with Crippen molar-refractivity contribution in [3.63, 3.8) is 0 Å². The Hall–Kier alpha value is -0.130. The van der Waals surface area contributed by atoms with E-state index in [0.29, 0.717) is 12.8 Å². The van der Waals surface area contributed by atoms with Gasteiger partial charge in [0.1, 0.15) is 0 Å². The molecule has 0 unspecified atom stereocenters. The van der Waals surface area contributed by atoms with E-state index >= 15 is 0 Å². The van der Waals surface area contributed by atoms with E-state index in [9.17, 15) is 13.5 Å². The smallest absolute Gasteiger partial charge is 0.264 e. The van der Waals surface area contributed by atoms with Crippen LogP contribution in [0.4, 0.5) is 0 Å². The van der Waals surface area contributed by atoms with Gasteiger partial charge in [-0.2, -0.15) is 8.42 Å². The fourth-order valence-electron chi connectivity index (χ4n) is 1.79. The average molecular weight is 236 g/mol. The lowest BCUT2D eigenvalue weighted by molar-refractivity contribution is -0.0259. The first-order chi connectivity index (χ1) is 6.62. The Labute approximate surface area is 91.8 Å². The van der Waals surface area contributed by atoms with E-state index in [0.717, 1.165) is 19.1 Å². The molecule has 4 nitrogen and oxygen atoms in total. The lowest BCUT2D eigenvalue weighted by Gasteiger charge is -2.39. The van der Waals surface area contributed by atoms with E-state index in [2.05, 4.69) is 0 Å². The highest BCUT2D eigenvalue weighted by Gasteiger charge is 2.36. The quantitative estimate of drug-likeness (QED) is 0.750. The van der Waals surface area contributed by atoms with Crippen LogP contribution in [0.1, 0.15) is 39.5 Å². The largest absolute Gasteiger partial charge is 0.390 e. The van der Waals surface area contributed by atoms with Gasteiger partial charge in [0.15, 0.2) is 0 Å². The van der Waals surface area contributed by atoms with Crippen LogP contribution in [0.2, 0.25) is 0 Å². The third kappa shape index (κ3) is 4.49. The molecule has 5 heteroatoms. The second-order valence-corrected chi connectivity index (χ2v) is 6.92. The van der Waals surface area contributed by atoms with Crippen LogP contribution in [-0.2, 0) is 14.3 Å². The highest BCUT2D eigenvalue weighted by Crippen LogP contribution is 2.40. The summed E-state index contributed by atoms with van der Waals surface area (Å²) in [6.07, 6.45) is 4.08. The van der Waals surface area contributed by atoms with E-state index in [4.69, 9.17) is 4.18 Å². The van der Waals surface area contributed by atoms with Crippen LogP contribution >= 0.6 is 0 Å². The number of hydrogen-bond donors (Lipinski definition) is 1. The molecule has 0 aromatic rings. The number of hydrogen-bond acceptors (Lipinski definition) is 4. The Kier molecular flexibility index (Phi) is 3.48. The van der Waals surface area contributed by atoms with E-state index in [1.54, 1.807) is 0 Å². The lowest BCUT2D eigenvalue weighted by atomic mass is 9.71. The Morgan fingerprint density at radius 1 is 1.20 bits per heavy atom. The van der Waals surface area contributed by atoms with Crippen molar-refractivity contribution < 1.29 is 17.7 Å². The standard InChI is InChI=1S/C10H20O4S/c1-9(8-14-15(3,12)13)4-6-10(2,11)7-5-9/h11H,4-8H2,1-3H3. The summed E-state index contributed by atoms with van der Waals surface area (Å²) in [6.45, 7) is 4.05. The van der Waals surface area contributed by atoms with Crippen LogP contribution < -0.4 is 0 Å². The molecular weight excluding hydrogens is 216 g/mol. The molecular formula is C10H20O4S. The molecule has 0 spiro atoms. The van der Waals surface area contributed by atoms with Gasteiger partial charge in [-0.05, 0) is 38.0 Å². The van der Waals surface area contributed by atoms with Crippen LogP contribution in [0.25, 0.3) is 0 Å². The van der Waals surface area contributed by atoms with E-state index in [1.807, 2.05) is 13.8 Å². The molecule has 1 N–H and O–H groups in total. The zero-order valence-electron chi connectivity index (χ0n) is 9.62. The minimum Gasteiger partial charge on any atom is -0.390 e. The van der Waals surface area contributed by atoms with Crippen LogP contribution in [-0.4, -0.2) is 32.0 Å². The molecule has 0 radical (unpaired) electrons. The fourth-order valence-corrected chi connectivity index (χ4v) is 2.28. The highest BCUT2D eigenvalue weighted by atomic mass is 32.2. The van der Waals surface area contributed by atoms with Crippen molar-refractivity contribution in [3.8, 4) is 0 Å². The predicted octanol–water partition coefficient (Wildman–Crippen LogP) is 1.29. The van der Waals surface area contributed by atoms with Crippen molar-refractivity contribution in [1.29, 1.82) is 0 Å². The summed E-state index contributed by atoms with van der Waals surface area (Å²) >= 11 is 0. The van der Waals surface area contributed by atoms with Gasteiger partial charge in [0.2, 0.25) is 0 Å². The van der Waals surface area contributed by atoms with Gasteiger partial charge in [-0.15, -0.1) is 0 Å². The maximum atomic E-state index is 10.9. The van der Waals surface area contributed by atoms with Gasteiger partial charge in [0.25, 0.3) is 10.1 Å². The first kappa shape index (κ1) is 12.9. The second-order valence-electron chi connectivity index (χ2n) is 5.27. The van der Waals surface area contributed by atoms with Crippen molar-refractivity contribution in [2.75, 3.05) is 12.9 Å². The van der Waals surface area contributed by atoms with Crippen LogP contribution in [0.15, 0.2) is 0 Å². The molecule has 1 saturated carbocycles. The van der Waals surface area contributed by atoms with Gasteiger partial charge in [0.05, 0.1) is 18.5 Å². The van der Waals surface area contributed by atoms with E-state index in [1.165, 1.54) is 0 Å². The van der Waals surface area contributed by atoms with Gasteiger partial charge in [0, 0.05) is 0 Å². The summed E-state index contributed by atoms with van der Waals surface area (Å²) in [6, 6.07) is 0. The molecule has 0 bridgehead atoms. The summed E-state index contributed by atoms with van der Waals surface area (Å²) in [5.41, 5.74) is -0.712. The highest BCUT2D eigenvalue weighted by molar-refractivity contribution is 7.85. The van der Waals surface area contributed by atoms with Crippen molar-refractivity contribution in [3.05, 3.63) is 0 Å². The Morgan fingerprint density at radius 2 is 1.67 bits per heavy atom. The maximum absolute atomic E-state index is 10.9. The first-order valence-electron chi connectivity index (χ1n) is 5.19. The van der Waals surface area contributed by atoms with Crippen LogP contribution in [0, 0.1) is 5.41 Å². The van der Waals surface area contributed by atoms with Crippen LogP contribution in [0.3, 0.4) is 0 Å². The third-order valence-corrected chi connectivity index (χ3v) is 3.70. The van der Waals surface area contributed by atoms with Gasteiger partial charge in [-0.3, -0.25) is 4.18 Å². The predicted molar refractivity (Wildman–Crippen MR) is 58.0 cm³/mol. The topological polar surface area (TPSA) is 63.6 Å². The Bertz CT molecular complexity index is 308. The summed E-state index contributed by atoms with van der Waals surface area (Å²) < 4.78 is 26.6.